The number of hydrogen-bond acceptors (Lipinski definition) is 6. The molecule has 8 heteroatoms. The Morgan fingerprint density at radius 1 is 0.172 bits per heavy atom. The molecule has 0 saturated carbocycles. The van der Waals surface area contributed by atoms with E-state index in [9.17, 15) is 0 Å². The number of nitrogens with zero attached hydrogens (tertiary/aromatic N) is 6. The average molecular weight is 1500 g/mol. The molecule has 0 bridgehead atoms. The van der Waals surface area contributed by atoms with Gasteiger partial charge in [-0.25, -0.2) is 0 Å². The maximum Gasteiger partial charge on any atom is 0.137 e. The van der Waals surface area contributed by atoms with Gasteiger partial charge in [0.1, 0.15) is 11.2 Å². The van der Waals surface area contributed by atoms with Crippen LogP contribution in [0.3, 0.4) is 0 Å². The minimum Gasteiger partial charge on any atom is -0.456 e. The van der Waals surface area contributed by atoms with Crippen LogP contribution in [-0.4, -0.2) is 9.13 Å². The van der Waals surface area contributed by atoms with Crippen molar-refractivity contribution < 1.29 is 4.42 Å². The monoisotopic (exact) mass is 1500 g/mol. The molecule has 0 amide bonds. The van der Waals surface area contributed by atoms with E-state index in [4.69, 9.17) is 4.42 Å². The van der Waals surface area contributed by atoms with Crippen LogP contribution in [0.1, 0.15) is 0 Å². The highest BCUT2D eigenvalue weighted by molar-refractivity contribution is 7.25. The summed E-state index contributed by atoms with van der Waals surface area (Å²) < 4.78 is 14.0. The van der Waals surface area contributed by atoms with Gasteiger partial charge in [0.25, 0.3) is 0 Å². The van der Waals surface area contributed by atoms with Gasteiger partial charge >= 0.3 is 0 Å². The maximum atomic E-state index is 6.70. The van der Waals surface area contributed by atoms with E-state index in [0.717, 1.165) is 107 Å². The lowest BCUT2D eigenvalue weighted by molar-refractivity contribution is 0.669. The van der Waals surface area contributed by atoms with Crippen LogP contribution in [0.4, 0.5) is 68.2 Å². The van der Waals surface area contributed by atoms with Crippen molar-refractivity contribution in [2.24, 2.45) is 0 Å². The number of para-hydroxylation sites is 10. The first-order valence-corrected chi connectivity index (χ1v) is 40.2. The van der Waals surface area contributed by atoms with Gasteiger partial charge in [-0.1, -0.05) is 231 Å². The summed E-state index contributed by atoms with van der Waals surface area (Å²) in [6.45, 7) is 0. The molecule has 0 saturated heterocycles. The highest BCUT2D eigenvalue weighted by Crippen LogP contribution is 2.47. The minimum atomic E-state index is 0.843. The summed E-state index contributed by atoms with van der Waals surface area (Å²) >= 11 is 1.85. The van der Waals surface area contributed by atoms with Gasteiger partial charge in [0.05, 0.1) is 22.1 Å². The first kappa shape index (κ1) is 68.8. The largest absolute Gasteiger partial charge is 0.456 e. The Morgan fingerprint density at radius 2 is 0.422 bits per heavy atom. The molecule has 0 atom stereocenters. The number of rotatable bonds is 16. The zero-order chi connectivity index (χ0) is 76.8. The third-order valence-corrected chi connectivity index (χ3v) is 23.4. The third kappa shape index (κ3) is 12.7. The summed E-state index contributed by atoms with van der Waals surface area (Å²) in [5.41, 5.74) is 26.6. The van der Waals surface area contributed by atoms with Crippen LogP contribution in [0, 0.1) is 0 Å². The Hall–Kier alpha value is -15.2. The van der Waals surface area contributed by atoms with Gasteiger partial charge in [0, 0.05) is 144 Å². The lowest BCUT2D eigenvalue weighted by atomic mass is 10.0. The summed E-state index contributed by atoms with van der Waals surface area (Å²) in [6.07, 6.45) is 0. The molecule has 0 spiro atoms. The van der Waals surface area contributed by atoms with Gasteiger partial charge in [-0.05, 0) is 229 Å². The molecule has 22 aromatic rings. The van der Waals surface area contributed by atoms with Crippen molar-refractivity contribution in [1.29, 1.82) is 0 Å². The van der Waals surface area contributed by atoms with Gasteiger partial charge < -0.3 is 33.2 Å². The molecular weight excluding hydrogens is 1430 g/mol. The van der Waals surface area contributed by atoms with Gasteiger partial charge in [0.2, 0.25) is 0 Å². The number of aromatic nitrogens is 2. The van der Waals surface area contributed by atoms with Gasteiger partial charge in [-0.15, -0.1) is 11.3 Å². The van der Waals surface area contributed by atoms with Crippen molar-refractivity contribution in [3.63, 3.8) is 0 Å². The van der Waals surface area contributed by atoms with E-state index in [2.05, 4.69) is 466 Å². The van der Waals surface area contributed by atoms with Crippen molar-refractivity contribution in [1.82, 2.24) is 9.13 Å². The lowest BCUT2D eigenvalue weighted by Gasteiger charge is -2.26. The van der Waals surface area contributed by atoms with Crippen molar-refractivity contribution in [2.75, 3.05) is 19.6 Å². The molecule has 0 radical (unpaired) electrons. The summed E-state index contributed by atoms with van der Waals surface area (Å²) in [7, 11) is 0. The number of furan rings is 1. The van der Waals surface area contributed by atoms with E-state index in [1.807, 2.05) is 23.5 Å². The standard InChI is InChI=1S/C54H37N3O.C54H37N3S/c1-5-15-40(16-6-1)55(41-17-7-2-8-18-41)45-30-33-49-50-34-31-46(37-54(50)58-53(49)36-45)56(42-19-9-3-10-20-42)44-28-25-38(26-29-44)39-27-32-48-47-23-13-14-24-51(47)57(52(48)35-39)43-21-11-4-12-22-43;1-5-15-40(16-6-1)55(41-17-7-2-8-18-41)45-30-33-53-49(36-45)50-37-46(31-34-54(50)58-53)56(42-19-9-3-10-20-42)44-28-25-38(26-29-44)39-27-32-48-47-23-13-14-24-51(47)57(52(48)35-39)43-21-11-4-12-22-43/h2*1-37H. The molecule has 0 fully saturated rings. The van der Waals surface area contributed by atoms with Crippen molar-refractivity contribution in [3.8, 4) is 33.6 Å². The zero-order valence-electron chi connectivity index (χ0n) is 63.2. The zero-order valence-corrected chi connectivity index (χ0v) is 64.0. The smallest absolute Gasteiger partial charge is 0.137 e. The lowest BCUT2D eigenvalue weighted by Crippen LogP contribution is -2.09. The van der Waals surface area contributed by atoms with E-state index >= 15 is 0 Å². The Labute approximate surface area is 676 Å². The first-order chi connectivity index (χ1) is 57.5. The summed E-state index contributed by atoms with van der Waals surface area (Å²) in [5, 5.41) is 9.70. The fraction of sp³-hybridized carbons (Fsp3) is 0. The van der Waals surface area contributed by atoms with E-state index < -0.39 is 0 Å². The normalized spacial score (nSPS) is 11.4. The Bertz CT molecular complexity index is 7220. The molecular formula is C108H74N6OS. The Kier molecular flexibility index (Phi) is 17.7. The van der Waals surface area contributed by atoms with Crippen LogP contribution in [-0.2, 0) is 0 Å². The Balaban J connectivity index is 0.000000145. The van der Waals surface area contributed by atoms with Crippen molar-refractivity contribution >= 4 is 165 Å². The second-order valence-corrected chi connectivity index (χ2v) is 30.3. The van der Waals surface area contributed by atoms with Crippen LogP contribution in [0.15, 0.2) is 453 Å². The molecule has 7 nitrogen and oxygen atoms in total. The highest BCUT2D eigenvalue weighted by atomic mass is 32.1. The van der Waals surface area contributed by atoms with Crippen LogP contribution >= 0.6 is 11.3 Å². The summed E-state index contributed by atoms with van der Waals surface area (Å²) in [4.78, 5) is 9.27. The molecule has 0 N–H and O–H groups in total. The quantitative estimate of drug-likeness (QED) is 0.0963. The molecule has 22 rings (SSSR count). The molecule has 0 aliphatic heterocycles. The second kappa shape index (κ2) is 29.8. The van der Waals surface area contributed by atoms with Crippen LogP contribution < -0.4 is 19.6 Å². The number of thiophene rings is 1. The summed E-state index contributed by atoms with van der Waals surface area (Å²) in [5.74, 6) is 0. The molecule has 4 aromatic heterocycles. The SMILES string of the molecule is c1ccc(N(c2ccccc2)c2ccc3c(c2)oc2cc(N(c4ccccc4)c4ccc(-c5ccc6c7ccccc7n(-c7ccccc7)c6c5)cc4)ccc23)cc1.c1ccc(N(c2ccccc2)c2ccc3sc4ccc(N(c5ccccc5)c5ccc(-c6ccc7c8ccccc8n(-c8ccccc8)c7c6)cc5)cc4c3c2)cc1. The fourth-order valence-corrected chi connectivity index (χ4v) is 18.0. The highest BCUT2D eigenvalue weighted by Gasteiger charge is 2.23. The van der Waals surface area contributed by atoms with Crippen LogP contribution in [0.2, 0.25) is 0 Å². The van der Waals surface area contributed by atoms with Crippen LogP contribution in [0.5, 0.6) is 0 Å². The molecule has 4 heterocycles. The number of anilines is 12. The number of hydrogen-bond donors (Lipinski definition) is 0. The number of fused-ring (bicyclic) bond motifs is 12. The van der Waals surface area contributed by atoms with Crippen molar-refractivity contribution in [2.45, 2.75) is 0 Å². The molecule has 0 aliphatic rings. The Morgan fingerprint density at radius 3 is 0.759 bits per heavy atom. The predicted molar refractivity (Wildman–Crippen MR) is 491 cm³/mol. The third-order valence-electron chi connectivity index (χ3n) is 22.3. The molecule has 0 unspecified atom stereocenters. The molecule has 0 aliphatic carbocycles. The minimum absolute atomic E-state index is 0.843. The fourth-order valence-electron chi connectivity index (χ4n) is 16.9. The van der Waals surface area contributed by atoms with Gasteiger partial charge in [-0.2, -0.15) is 0 Å². The van der Waals surface area contributed by atoms with Crippen molar-refractivity contribution in [3.05, 3.63) is 449 Å². The first-order valence-electron chi connectivity index (χ1n) is 39.4. The van der Waals surface area contributed by atoms with E-state index in [1.54, 1.807) is 0 Å². The maximum absolute atomic E-state index is 6.70. The predicted octanol–water partition coefficient (Wildman–Crippen LogP) is 31.0. The average Bonchev–Trinajstić information content (AvgIpc) is 1.60. The van der Waals surface area contributed by atoms with E-state index in [-0.39, 0.29) is 0 Å². The molecule has 548 valence electrons. The second-order valence-electron chi connectivity index (χ2n) is 29.2. The van der Waals surface area contributed by atoms with Crippen LogP contribution in [0.25, 0.3) is 119 Å². The molecule has 116 heavy (non-hydrogen) atoms. The van der Waals surface area contributed by atoms with E-state index in [0.29, 0.717) is 0 Å². The van der Waals surface area contributed by atoms with Gasteiger partial charge in [0.15, 0.2) is 0 Å². The number of benzene rings is 18. The summed E-state index contributed by atoms with van der Waals surface area (Å²) in [6, 6.07) is 161. The van der Waals surface area contributed by atoms with Gasteiger partial charge in [-0.3, -0.25) is 0 Å². The van der Waals surface area contributed by atoms with E-state index in [1.165, 1.54) is 80.5 Å². The molecule has 18 aromatic carbocycles. The topological polar surface area (TPSA) is 36.0 Å².